The Morgan fingerprint density at radius 3 is 2.87 bits per heavy atom. The van der Waals surface area contributed by atoms with Crippen molar-refractivity contribution in [2.75, 3.05) is 18.6 Å². The van der Waals surface area contributed by atoms with Gasteiger partial charge in [0.2, 0.25) is 11.8 Å². The van der Waals surface area contributed by atoms with Crippen LogP contribution in [0.3, 0.4) is 0 Å². The first-order chi connectivity index (χ1) is 6.99. The normalized spacial score (nSPS) is 24.4. The minimum Gasteiger partial charge on any atom is -0.355 e. The van der Waals surface area contributed by atoms with Gasteiger partial charge < -0.3 is 10.6 Å². The molecule has 3 atom stereocenters. The van der Waals surface area contributed by atoms with Crippen LogP contribution in [-0.4, -0.2) is 40.6 Å². The molecule has 6 heteroatoms. The number of carbonyl (C=O) groups excluding carboxylic acids is 2. The summed E-state index contributed by atoms with van der Waals surface area (Å²) in [4.78, 5) is 22.5. The Labute approximate surface area is 91.4 Å². The van der Waals surface area contributed by atoms with E-state index in [0.29, 0.717) is 12.3 Å². The lowest BCUT2D eigenvalue weighted by molar-refractivity contribution is -0.126. The smallest absolute Gasteiger partial charge is 0.225 e. The second-order valence-corrected chi connectivity index (χ2v) is 5.33. The van der Waals surface area contributed by atoms with Gasteiger partial charge in [-0.3, -0.25) is 13.8 Å². The van der Waals surface area contributed by atoms with Crippen LogP contribution in [0.1, 0.15) is 13.3 Å². The molecular formula is C9H16N2O3S. The summed E-state index contributed by atoms with van der Waals surface area (Å²) in [5.74, 6) is -0.0433. The number of carbonyl (C=O) groups is 2. The van der Waals surface area contributed by atoms with Crippen LogP contribution in [-0.2, 0) is 20.4 Å². The number of nitrogens with one attached hydrogen (secondary N) is 2. The lowest BCUT2D eigenvalue weighted by Crippen LogP contribution is -2.40. The highest BCUT2D eigenvalue weighted by Gasteiger charge is 2.28. The molecule has 1 saturated heterocycles. The zero-order valence-corrected chi connectivity index (χ0v) is 9.73. The van der Waals surface area contributed by atoms with Gasteiger partial charge in [-0.25, -0.2) is 0 Å². The van der Waals surface area contributed by atoms with E-state index in [1.807, 2.05) is 6.92 Å². The van der Waals surface area contributed by atoms with E-state index in [1.165, 1.54) is 0 Å². The third kappa shape index (κ3) is 3.99. The highest BCUT2D eigenvalue weighted by atomic mass is 32.2. The predicted molar refractivity (Wildman–Crippen MR) is 57.7 cm³/mol. The topological polar surface area (TPSA) is 75.3 Å². The van der Waals surface area contributed by atoms with Gasteiger partial charge in [0.1, 0.15) is 0 Å². The molecule has 0 saturated carbocycles. The molecule has 1 fully saturated rings. The first-order valence-electron chi connectivity index (χ1n) is 4.86. The lowest BCUT2D eigenvalue weighted by Gasteiger charge is -2.14. The number of hydrogen-bond donors (Lipinski definition) is 2. The molecule has 3 unspecified atom stereocenters. The summed E-state index contributed by atoms with van der Waals surface area (Å²) in [6, 6.07) is -0.112. The number of rotatable bonds is 4. The molecule has 5 nitrogen and oxygen atoms in total. The van der Waals surface area contributed by atoms with E-state index in [2.05, 4.69) is 10.6 Å². The van der Waals surface area contributed by atoms with Gasteiger partial charge >= 0.3 is 0 Å². The Balaban J connectivity index is 2.35. The van der Waals surface area contributed by atoms with Gasteiger partial charge in [0.15, 0.2) is 0 Å². The molecule has 15 heavy (non-hydrogen) atoms. The summed E-state index contributed by atoms with van der Waals surface area (Å²) < 4.78 is 10.9. The molecule has 2 amide bonds. The molecule has 1 rings (SSSR count). The summed E-state index contributed by atoms with van der Waals surface area (Å²) in [7, 11) is -0.918. The van der Waals surface area contributed by atoms with Gasteiger partial charge in [0.25, 0.3) is 0 Å². The van der Waals surface area contributed by atoms with Crippen molar-refractivity contribution in [3.63, 3.8) is 0 Å². The fourth-order valence-electron chi connectivity index (χ4n) is 1.54. The zero-order valence-electron chi connectivity index (χ0n) is 8.91. The second-order valence-electron chi connectivity index (χ2n) is 3.85. The average Bonchev–Trinajstić information content (AvgIpc) is 2.49. The molecule has 1 aliphatic heterocycles. The van der Waals surface area contributed by atoms with Crippen LogP contribution in [0.15, 0.2) is 0 Å². The number of hydrogen-bond acceptors (Lipinski definition) is 3. The third-order valence-corrected chi connectivity index (χ3v) is 3.19. The molecule has 0 radical (unpaired) electrons. The first-order valence-corrected chi connectivity index (χ1v) is 6.59. The molecule has 0 spiro atoms. The Hall–Kier alpha value is -0.910. The van der Waals surface area contributed by atoms with Gasteiger partial charge in [-0.1, -0.05) is 0 Å². The fourth-order valence-corrected chi connectivity index (χ4v) is 2.33. The van der Waals surface area contributed by atoms with Crippen molar-refractivity contribution in [3.8, 4) is 0 Å². The summed E-state index contributed by atoms with van der Waals surface area (Å²) in [5, 5.41) is 5.35. The average molecular weight is 232 g/mol. The van der Waals surface area contributed by atoms with Crippen LogP contribution in [0.4, 0.5) is 0 Å². The summed E-state index contributed by atoms with van der Waals surface area (Å²) in [6.45, 7) is 2.22. The van der Waals surface area contributed by atoms with Crippen LogP contribution >= 0.6 is 0 Å². The molecule has 86 valence electrons. The summed E-state index contributed by atoms with van der Waals surface area (Å²) in [5.41, 5.74) is 0. The van der Waals surface area contributed by atoms with Crippen molar-refractivity contribution in [2.24, 2.45) is 5.92 Å². The van der Waals surface area contributed by atoms with E-state index in [-0.39, 0.29) is 30.2 Å². The van der Waals surface area contributed by atoms with E-state index < -0.39 is 10.8 Å². The Morgan fingerprint density at radius 1 is 1.73 bits per heavy atom. The minimum absolute atomic E-state index is 0.0816. The highest BCUT2D eigenvalue weighted by Crippen LogP contribution is 2.08. The fraction of sp³-hybridized carbons (Fsp3) is 0.778. The van der Waals surface area contributed by atoms with Crippen molar-refractivity contribution in [1.82, 2.24) is 10.6 Å². The Bertz CT molecular complexity index is 293. The largest absolute Gasteiger partial charge is 0.355 e. The van der Waals surface area contributed by atoms with Crippen LogP contribution in [0.5, 0.6) is 0 Å². The highest BCUT2D eigenvalue weighted by molar-refractivity contribution is 7.84. The maximum absolute atomic E-state index is 11.6. The van der Waals surface area contributed by atoms with Gasteiger partial charge in [0, 0.05) is 41.8 Å². The van der Waals surface area contributed by atoms with E-state index in [9.17, 15) is 13.8 Å². The summed E-state index contributed by atoms with van der Waals surface area (Å²) >= 11 is 0. The van der Waals surface area contributed by atoms with Crippen LogP contribution in [0, 0.1) is 5.92 Å². The monoisotopic (exact) mass is 232 g/mol. The molecule has 0 aromatic carbocycles. The van der Waals surface area contributed by atoms with E-state index in [1.54, 1.807) is 6.26 Å². The number of amides is 2. The summed E-state index contributed by atoms with van der Waals surface area (Å²) in [6.07, 6.45) is 1.86. The van der Waals surface area contributed by atoms with Crippen molar-refractivity contribution in [1.29, 1.82) is 0 Å². The van der Waals surface area contributed by atoms with E-state index in [0.717, 1.165) is 0 Å². The lowest BCUT2D eigenvalue weighted by atomic mass is 10.1. The van der Waals surface area contributed by atoms with Crippen LogP contribution in [0.2, 0.25) is 0 Å². The third-order valence-electron chi connectivity index (χ3n) is 2.22. The Morgan fingerprint density at radius 2 is 2.40 bits per heavy atom. The molecule has 0 aromatic rings. The van der Waals surface area contributed by atoms with Gasteiger partial charge in [-0.15, -0.1) is 0 Å². The SMILES string of the molecule is CC(CS(C)=O)NC(=O)C1CNC(=O)C1. The minimum atomic E-state index is -0.918. The van der Waals surface area contributed by atoms with Crippen LogP contribution in [0.25, 0.3) is 0 Å². The van der Waals surface area contributed by atoms with Crippen molar-refractivity contribution < 1.29 is 13.8 Å². The van der Waals surface area contributed by atoms with E-state index in [4.69, 9.17) is 0 Å². The quantitative estimate of drug-likeness (QED) is 0.653. The van der Waals surface area contributed by atoms with Crippen molar-refractivity contribution in [2.45, 2.75) is 19.4 Å². The van der Waals surface area contributed by atoms with Crippen molar-refractivity contribution in [3.05, 3.63) is 0 Å². The second kappa shape index (κ2) is 5.25. The van der Waals surface area contributed by atoms with Crippen LogP contribution < -0.4 is 10.6 Å². The molecule has 0 aromatic heterocycles. The maximum atomic E-state index is 11.6. The molecule has 2 N–H and O–H groups in total. The first kappa shape index (κ1) is 12.2. The van der Waals surface area contributed by atoms with Gasteiger partial charge in [0.05, 0.1) is 5.92 Å². The van der Waals surface area contributed by atoms with E-state index >= 15 is 0 Å². The molecule has 0 aliphatic carbocycles. The predicted octanol–water partition coefficient (Wildman–Crippen LogP) is -0.994. The molecular weight excluding hydrogens is 216 g/mol. The van der Waals surface area contributed by atoms with Gasteiger partial charge in [-0.2, -0.15) is 0 Å². The Kier molecular flexibility index (Phi) is 4.26. The molecule has 1 heterocycles. The molecule has 0 bridgehead atoms. The zero-order chi connectivity index (χ0) is 11.4. The van der Waals surface area contributed by atoms with Gasteiger partial charge in [-0.05, 0) is 6.92 Å². The molecule has 1 aliphatic rings. The van der Waals surface area contributed by atoms with Crippen molar-refractivity contribution >= 4 is 22.6 Å². The maximum Gasteiger partial charge on any atom is 0.225 e. The standard InChI is InChI=1S/C9H16N2O3S/c1-6(5-15(2)14)11-9(13)7-3-8(12)10-4-7/h6-7H,3-5H2,1-2H3,(H,10,12)(H,11,13).